The van der Waals surface area contributed by atoms with Crippen molar-refractivity contribution in [3.8, 4) is 0 Å². The van der Waals surface area contributed by atoms with E-state index in [9.17, 15) is 10.1 Å². The molecule has 0 aliphatic heterocycles. The summed E-state index contributed by atoms with van der Waals surface area (Å²) in [7, 11) is 4.90. The van der Waals surface area contributed by atoms with Gasteiger partial charge in [-0.1, -0.05) is 0 Å². The second kappa shape index (κ2) is 6.10. The maximum atomic E-state index is 11.1. The van der Waals surface area contributed by atoms with Crippen LogP contribution in [0.4, 0.5) is 17.3 Å². The van der Waals surface area contributed by atoms with Gasteiger partial charge in [0.1, 0.15) is 6.33 Å². The molecular formula is C10H17N5O3. The summed E-state index contributed by atoms with van der Waals surface area (Å²) in [5.41, 5.74) is -0.134. The Morgan fingerprint density at radius 2 is 2.28 bits per heavy atom. The fourth-order valence-corrected chi connectivity index (χ4v) is 1.54. The lowest BCUT2D eigenvalue weighted by molar-refractivity contribution is -0.383. The second-order valence-electron chi connectivity index (χ2n) is 3.82. The van der Waals surface area contributed by atoms with E-state index in [0.29, 0.717) is 6.61 Å². The molecule has 1 rings (SSSR count). The van der Waals surface area contributed by atoms with Crippen LogP contribution >= 0.6 is 0 Å². The average molecular weight is 255 g/mol. The molecule has 0 aliphatic carbocycles. The second-order valence-corrected chi connectivity index (χ2v) is 3.82. The fourth-order valence-electron chi connectivity index (χ4n) is 1.54. The van der Waals surface area contributed by atoms with Gasteiger partial charge in [-0.05, 0) is 6.92 Å². The number of hydrogen-bond donors (Lipinski definition) is 1. The van der Waals surface area contributed by atoms with Crippen molar-refractivity contribution in [1.82, 2.24) is 9.97 Å². The van der Waals surface area contributed by atoms with E-state index in [-0.39, 0.29) is 23.4 Å². The molecule has 0 saturated carbocycles. The highest BCUT2D eigenvalue weighted by molar-refractivity contribution is 5.70. The van der Waals surface area contributed by atoms with E-state index in [4.69, 9.17) is 4.74 Å². The Balaban J connectivity index is 3.19. The monoisotopic (exact) mass is 255 g/mol. The number of nitrogens with one attached hydrogen (secondary N) is 1. The van der Waals surface area contributed by atoms with Gasteiger partial charge in [0.05, 0.1) is 17.6 Å². The summed E-state index contributed by atoms with van der Waals surface area (Å²) in [6, 6.07) is -0.0340. The van der Waals surface area contributed by atoms with Gasteiger partial charge in [0, 0.05) is 21.2 Å². The van der Waals surface area contributed by atoms with Gasteiger partial charge in [-0.25, -0.2) is 9.97 Å². The first-order valence-corrected chi connectivity index (χ1v) is 5.41. The summed E-state index contributed by atoms with van der Waals surface area (Å²) >= 11 is 0. The Kier molecular flexibility index (Phi) is 4.78. The highest BCUT2D eigenvalue weighted by Crippen LogP contribution is 2.31. The third-order valence-corrected chi connectivity index (χ3v) is 2.63. The first kappa shape index (κ1) is 14.1. The van der Waals surface area contributed by atoms with E-state index in [1.807, 2.05) is 6.92 Å². The predicted octanol–water partition coefficient (Wildman–Crippen LogP) is 0.898. The van der Waals surface area contributed by atoms with Crippen LogP contribution < -0.4 is 10.2 Å². The quantitative estimate of drug-likeness (QED) is 0.596. The van der Waals surface area contributed by atoms with E-state index in [1.165, 1.54) is 6.33 Å². The SMILES string of the molecule is CNc1ncnc(N(C)C(C)COC)c1[N+](=O)[O-]. The van der Waals surface area contributed by atoms with Crippen molar-refractivity contribution in [1.29, 1.82) is 0 Å². The summed E-state index contributed by atoms with van der Waals surface area (Å²) in [6.07, 6.45) is 1.30. The maximum absolute atomic E-state index is 11.1. The molecule has 0 radical (unpaired) electrons. The zero-order chi connectivity index (χ0) is 13.7. The number of ether oxygens (including phenoxy) is 1. The number of likely N-dealkylation sites (N-methyl/N-ethyl adjacent to an activating group) is 1. The van der Waals surface area contributed by atoms with Crippen LogP contribution in [0.5, 0.6) is 0 Å². The zero-order valence-electron chi connectivity index (χ0n) is 10.9. The van der Waals surface area contributed by atoms with E-state index in [0.717, 1.165) is 0 Å². The fraction of sp³-hybridized carbons (Fsp3) is 0.600. The lowest BCUT2D eigenvalue weighted by atomic mass is 10.3. The zero-order valence-corrected chi connectivity index (χ0v) is 10.9. The highest BCUT2D eigenvalue weighted by Gasteiger charge is 2.26. The van der Waals surface area contributed by atoms with Crippen LogP contribution in [0, 0.1) is 10.1 Å². The standard InChI is InChI=1S/C10H17N5O3/c1-7(5-18-4)14(3)10-8(15(16)17)9(11-2)12-6-13-10/h6-7H,5H2,1-4H3,(H,11,12,13). The van der Waals surface area contributed by atoms with Crippen molar-refractivity contribution in [2.75, 3.05) is 38.0 Å². The molecule has 1 aromatic heterocycles. The Hall–Kier alpha value is -1.96. The molecule has 100 valence electrons. The van der Waals surface area contributed by atoms with Crippen LogP contribution in [0.15, 0.2) is 6.33 Å². The van der Waals surface area contributed by atoms with Gasteiger partial charge in [-0.15, -0.1) is 0 Å². The largest absolute Gasteiger partial charge is 0.383 e. The smallest absolute Gasteiger partial charge is 0.353 e. The predicted molar refractivity (Wildman–Crippen MR) is 68.0 cm³/mol. The lowest BCUT2D eigenvalue weighted by Crippen LogP contribution is -2.33. The minimum Gasteiger partial charge on any atom is -0.383 e. The van der Waals surface area contributed by atoms with Gasteiger partial charge >= 0.3 is 5.69 Å². The molecule has 8 nitrogen and oxygen atoms in total. The molecule has 0 aliphatic rings. The van der Waals surface area contributed by atoms with Crippen LogP contribution in [0.25, 0.3) is 0 Å². The summed E-state index contributed by atoms with van der Waals surface area (Å²) in [5, 5.41) is 13.8. The maximum Gasteiger partial charge on any atom is 0.353 e. The molecule has 0 aromatic carbocycles. The number of nitrogens with zero attached hydrogens (tertiary/aromatic N) is 4. The molecule has 1 heterocycles. The van der Waals surface area contributed by atoms with Crippen LogP contribution in [-0.4, -0.2) is 48.7 Å². The van der Waals surface area contributed by atoms with Gasteiger partial charge in [0.25, 0.3) is 0 Å². The van der Waals surface area contributed by atoms with Crippen molar-refractivity contribution in [3.63, 3.8) is 0 Å². The van der Waals surface area contributed by atoms with Crippen molar-refractivity contribution in [3.05, 3.63) is 16.4 Å². The van der Waals surface area contributed by atoms with Crippen LogP contribution in [0.2, 0.25) is 0 Å². The molecule has 0 bridgehead atoms. The molecular weight excluding hydrogens is 238 g/mol. The van der Waals surface area contributed by atoms with E-state index >= 15 is 0 Å². The number of methoxy groups -OCH3 is 1. The van der Waals surface area contributed by atoms with E-state index in [1.54, 1.807) is 26.1 Å². The van der Waals surface area contributed by atoms with Gasteiger partial charge < -0.3 is 15.0 Å². The molecule has 0 saturated heterocycles. The van der Waals surface area contributed by atoms with E-state index < -0.39 is 4.92 Å². The summed E-state index contributed by atoms with van der Waals surface area (Å²) in [6.45, 7) is 2.35. The minimum atomic E-state index is -0.489. The molecule has 0 fully saturated rings. The van der Waals surface area contributed by atoms with E-state index in [2.05, 4.69) is 15.3 Å². The normalized spacial score (nSPS) is 12.0. The molecule has 1 atom stereocenters. The highest BCUT2D eigenvalue weighted by atomic mass is 16.6. The molecule has 0 amide bonds. The number of hydrogen-bond acceptors (Lipinski definition) is 7. The minimum absolute atomic E-state index is 0.0340. The topological polar surface area (TPSA) is 93.4 Å². The van der Waals surface area contributed by atoms with Crippen LogP contribution in [-0.2, 0) is 4.74 Å². The number of nitro groups is 1. The summed E-state index contributed by atoms with van der Waals surface area (Å²) < 4.78 is 5.03. The van der Waals surface area contributed by atoms with Gasteiger partial charge in [0.15, 0.2) is 0 Å². The number of anilines is 2. The third kappa shape index (κ3) is 2.83. The molecule has 1 aromatic rings. The Labute approximate surface area is 105 Å². The number of rotatable bonds is 6. The third-order valence-electron chi connectivity index (χ3n) is 2.63. The Bertz CT molecular complexity index is 426. The Morgan fingerprint density at radius 1 is 1.61 bits per heavy atom. The van der Waals surface area contributed by atoms with Crippen LogP contribution in [0.3, 0.4) is 0 Å². The summed E-state index contributed by atoms with van der Waals surface area (Å²) in [5.74, 6) is 0.463. The molecule has 1 unspecified atom stereocenters. The van der Waals surface area contributed by atoms with Gasteiger partial charge in [-0.2, -0.15) is 0 Å². The Morgan fingerprint density at radius 3 is 2.78 bits per heavy atom. The molecule has 0 spiro atoms. The lowest BCUT2D eigenvalue weighted by Gasteiger charge is -2.25. The van der Waals surface area contributed by atoms with Crippen molar-refractivity contribution >= 4 is 17.3 Å². The average Bonchev–Trinajstić information content (AvgIpc) is 2.36. The molecule has 8 heteroatoms. The van der Waals surface area contributed by atoms with Crippen molar-refractivity contribution < 1.29 is 9.66 Å². The number of aromatic nitrogens is 2. The van der Waals surface area contributed by atoms with Crippen molar-refractivity contribution in [2.24, 2.45) is 0 Å². The first-order valence-electron chi connectivity index (χ1n) is 5.41. The molecule has 18 heavy (non-hydrogen) atoms. The first-order chi connectivity index (χ1) is 8.52. The van der Waals surface area contributed by atoms with Crippen molar-refractivity contribution in [2.45, 2.75) is 13.0 Å². The summed E-state index contributed by atoms with van der Waals surface area (Å²) in [4.78, 5) is 20.2. The molecule has 1 N–H and O–H groups in total. The van der Waals surface area contributed by atoms with Gasteiger partial charge in [-0.3, -0.25) is 10.1 Å². The van der Waals surface area contributed by atoms with Gasteiger partial charge in [0.2, 0.25) is 11.6 Å². The van der Waals surface area contributed by atoms with Crippen LogP contribution in [0.1, 0.15) is 6.92 Å².